The van der Waals surface area contributed by atoms with Crippen LogP contribution in [0.5, 0.6) is 0 Å². The maximum Gasteiger partial charge on any atom is 0.216 e. The van der Waals surface area contributed by atoms with Crippen LogP contribution in [0.1, 0.15) is 37.7 Å². The van der Waals surface area contributed by atoms with Crippen LogP contribution in [0.15, 0.2) is 5.38 Å². The van der Waals surface area contributed by atoms with Gasteiger partial charge in [0.25, 0.3) is 0 Å². The monoisotopic (exact) mass is 224 g/mol. The maximum atomic E-state index is 5.51. The molecule has 0 aromatic carbocycles. The van der Waals surface area contributed by atoms with E-state index >= 15 is 0 Å². The van der Waals surface area contributed by atoms with E-state index in [9.17, 15) is 0 Å². The number of aromatic nitrogens is 3. The van der Waals surface area contributed by atoms with Crippen LogP contribution in [0, 0.1) is 0 Å². The van der Waals surface area contributed by atoms with Crippen molar-refractivity contribution in [2.45, 2.75) is 32.6 Å². The molecule has 0 aliphatic heterocycles. The molecule has 5 heteroatoms. The minimum absolute atomic E-state index is 0.506. The average molecular weight is 224 g/mol. The van der Waals surface area contributed by atoms with Gasteiger partial charge in [0.15, 0.2) is 0 Å². The molecular formula is C10H16N4S. The van der Waals surface area contributed by atoms with Gasteiger partial charge in [0.2, 0.25) is 4.96 Å². The third-order valence-corrected chi connectivity index (χ3v) is 3.27. The van der Waals surface area contributed by atoms with Gasteiger partial charge in [-0.15, -0.1) is 21.5 Å². The van der Waals surface area contributed by atoms with Crippen LogP contribution in [0.3, 0.4) is 0 Å². The third kappa shape index (κ3) is 1.89. The van der Waals surface area contributed by atoms with Crippen LogP contribution in [0.2, 0.25) is 0 Å². The second-order valence-corrected chi connectivity index (χ2v) is 4.78. The van der Waals surface area contributed by atoms with E-state index in [2.05, 4.69) is 33.8 Å². The Morgan fingerprint density at radius 3 is 2.93 bits per heavy atom. The Morgan fingerprint density at radius 2 is 2.27 bits per heavy atom. The van der Waals surface area contributed by atoms with E-state index < -0.39 is 0 Å². The first-order valence-corrected chi connectivity index (χ1v) is 6.13. The van der Waals surface area contributed by atoms with Crippen LogP contribution in [0.4, 0.5) is 0 Å². The van der Waals surface area contributed by atoms with Crippen LogP contribution < -0.4 is 5.73 Å². The van der Waals surface area contributed by atoms with Crippen molar-refractivity contribution in [2.24, 2.45) is 5.73 Å². The molecule has 0 radical (unpaired) electrons. The highest BCUT2D eigenvalue weighted by Gasteiger charge is 2.13. The SMILES string of the molecule is CC(C)c1csc2nnc(CCCN)n12. The van der Waals surface area contributed by atoms with Gasteiger partial charge in [-0.2, -0.15) is 0 Å². The lowest BCUT2D eigenvalue weighted by atomic mass is 10.1. The van der Waals surface area contributed by atoms with E-state index in [1.54, 1.807) is 11.3 Å². The number of aryl methyl sites for hydroxylation is 1. The summed E-state index contributed by atoms with van der Waals surface area (Å²) >= 11 is 1.65. The summed E-state index contributed by atoms with van der Waals surface area (Å²) < 4.78 is 2.17. The smallest absolute Gasteiger partial charge is 0.216 e. The predicted molar refractivity (Wildman–Crippen MR) is 62.3 cm³/mol. The van der Waals surface area contributed by atoms with Gasteiger partial charge in [0.1, 0.15) is 5.82 Å². The molecule has 4 nitrogen and oxygen atoms in total. The van der Waals surface area contributed by atoms with Crippen molar-refractivity contribution in [2.75, 3.05) is 6.54 Å². The van der Waals surface area contributed by atoms with Crippen molar-refractivity contribution in [1.82, 2.24) is 14.6 Å². The molecule has 0 unspecified atom stereocenters. The van der Waals surface area contributed by atoms with Gasteiger partial charge in [-0.25, -0.2) is 0 Å². The predicted octanol–water partition coefficient (Wildman–Crippen LogP) is 1.81. The summed E-state index contributed by atoms with van der Waals surface area (Å²) in [5.74, 6) is 1.55. The van der Waals surface area contributed by atoms with E-state index in [1.165, 1.54) is 5.69 Å². The molecule has 0 amide bonds. The fourth-order valence-electron chi connectivity index (χ4n) is 1.62. The fraction of sp³-hybridized carbons (Fsp3) is 0.600. The van der Waals surface area contributed by atoms with E-state index in [0.717, 1.165) is 23.6 Å². The van der Waals surface area contributed by atoms with Gasteiger partial charge in [0, 0.05) is 17.5 Å². The summed E-state index contributed by atoms with van der Waals surface area (Å²) in [5.41, 5.74) is 6.81. The van der Waals surface area contributed by atoms with Crippen molar-refractivity contribution in [3.63, 3.8) is 0 Å². The highest BCUT2D eigenvalue weighted by molar-refractivity contribution is 7.15. The normalized spacial score (nSPS) is 11.7. The largest absolute Gasteiger partial charge is 0.330 e. The standard InChI is InChI=1S/C10H16N4S/c1-7(2)8-6-15-10-13-12-9(14(8)10)4-3-5-11/h6-7H,3-5,11H2,1-2H3. The number of hydrogen-bond acceptors (Lipinski definition) is 4. The summed E-state index contributed by atoms with van der Waals surface area (Å²) in [6, 6.07) is 0. The topological polar surface area (TPSA) is 56.2 Å². The first-order valence-electron chi connectivity index (χ1n) is 5.25. The van der Waals surface area contributed by atoms with Crippen molar-refractivity contribution < 1.29 is 0 Å². The number of thiazole rings is 1. The van der Waals surface area contributed by atoms with Gasteiger partial charge < -0.3 is 5.73 Å². The Labute approximate surface area is 93.1 Å². The first-order chi connectivity index (χ1) is 7.24. The van der Waals surface area contributed by atoms with Crippen molar-refractivity contribution in [3.8, 4) is 0 Å². The molecule has 82 valence electrons. The molecule has 2 rings (SSSR count). The number of nitrogens with two attached hydrogens (primary N) is 1. The highest BCUT2D eigenvalue weighted by Crippen LogP contribution is 2.23. The summed E-state index contributed by atoms with van der Waals surface area (Å²) in [6.45, 7) is 5.08. The van der Waals surface area contributed by atoms with Gasteiger partial charge in [-0.1, -0.05) is 13.8 Å². The maximum absolute atomic E-state index is 5.51. The number of hydrogen-bond donors (Lipinski definition) is 1. The Bertz CT molecular complexity index is 443. The molecule has 0 spiro atoms. The van der Waals surface area contributed by atoms with Crippen LogP contribution >= 0.6 is 11.3 Å². The Morgan fingerprint density at radius 1 is 1.47 bits per heavy atom. The van der Waals surface area contributed by atoms with E-state index in [1.807, 2.05) is 0 Å². The molecular weight excluding hydrogens is 208 g/mol. The lowest BCUT2D eigenvalue weighted by Gasteiger charge is -2.04. The third-order valence-electron chi connectivity index (χ3n) is 2.44. The summed E-state index contributed by atoms with van der Waals surface area (Å²) in [6.07, 6.45) is 1.88. The zero-order chi connectivity index (χ0) is 10.8. The second-order valence-electron chi connectivity index (χ2n) is 3.94. The molecule has 2 aromatic rings. The fourth-order valence-corrected chi connectivity index (χ4v) is 2.63. The zero-order valence-electron chi connectivity index (χ0n) is 9.10. The number of nitrogens with zero attached hydrogens (tertiary/aromatic N) is 3. The highest BCUT2D eigenvalue weighted by atomic mass is 32.1. The van der Waals surface area contributed by atoms with Crippen molar-refractivity contribution >= 4 is 16.3 Å². The Hall–Kier alpha value is -0.940. The van der Waals surface area contributed by atoms with Crippen molar-refractivity contribution in [1.29, 1.82) is 0 Å². The average Bonchev–Trinajstić information content (AvgIpc) is 2.74. The minimum Gasteiger partial charge on any atom is -0.330 e. The summed E-state index contributed by atoms with van der Waals surface area (Å²) in [4.78, 5) is 0.991. The van der Waals surface area contributed by atoms with E-state index in [0.29, 0.717) is 12.5 Å². The molecule has 0 atom stereocenters. The molecule has 0 bridgehead atoms. The number of rotatable bonds is 4. The second kappa shape index (κ2) is 4.28. The number of fused-ring (bicyclic) bond motifs is 1. The zero-order valence-corrected chi connectivity index (χ0v) is 9.92. The van der Waals surface area contributed by atoms with Gasteiger partial charge >= 0.3 is 0 Å². The van der Waals surface area contributed by atoms with E-state index in [-0.39, 0.29) is 0 Å². The van der Waals surface area contributed by atoms with Crippen LogP contribution in [-0.2, 0) is 6.42 Å². The lowest BCUT2D eigenvalue weighted by molar-refractivity contribution is 0.737. The minimum atomic E-state index is 0.506. The summed E-state index contributed by atoms with van der Waals surface area (Å²) in [7, 11) is 0. The van der Waals surface area contributed by atoms with Gasteiger partial charge in [-0.3, -0.25) is 4.40 Å². The van der Waals surface area contributed by atoms with E-state index in [4.69, 9.17) is 5.73 Å². The van der Waals surface area contributed by atoms with Crippen LogP contribution in [0.25, 0.3) is 4.96 Å². The molecule has 15 heavy (non-hydrogen) atoms. The van der Waals surface area contributed by atoms with Gasteiger partial charge in [-0.05, 0) is 18.9 Å². The molecule has 0 fully saturated rings. The molecule has 0 aliphatic rings. The lowest BCUT2D eigenvalue weighted by Crippen LogP contribution is -2.04. The summed E-state index contributed by atoms with van der Waals surface area (Å²) in [5, 5.41) is 10.5. The van der Waals surface area contributed by atoms with Crippen molar-refractivity contribution in [3.05, 3.63) is 16.9 Å². The first kappa shape index (κ1) is 10.6. The molecule has 2 aromatic heterocycles. The Balaban J connectivity index is 2.41. The Kier molecular flexibility index (Phi) is 3.02. The molecule has 2 heterocycles. The van der Waals surface area contributed by atoms with Crippen LogP contribution in [-0.4, -0.2) is 21.1 Å². The molecule has 0 aliphatic carbocycles. The molecule has 0 saturated heterocycles. The quantitative estimate of drug-likeness (QED) is 0.861. The van der Waals surface area contributed by atoms with Gasteiger partial charge in [0.05, 0.1) is 0 Å². The molecule has 2 N–H and O–H groups in total. The molecule has 0 saturated carbocycles.